The van der Waals surface area contributed by atoms with E-state index in [0.29, 0.717) is 5.69 Å². The molecule has 1 aromatic heterocycles. The molecule has 0 aliphatic rings. The Balaban J connectivity index is 1.56. The molecule has 0 aliphatic carbocycles. The van der Waals surface area contributed by atoms with Crippen molar-refractivity contribution in [2.45, 2.75) is 25.8 Å². The van der Waals surface area contributed by atoms with Crippen LogP contribution in [0.1, 0.15) is 18.2 Å². The van der Waals surface area contributed by atoms with Crippen LogP contribution in [0, 0.1) is 5.92 Å². The van der Waals surface area contributed by atoms with E-state index < -0.39 is 30.8 Å². The number of hydrogen-bond acceptors (Lipinski definition) is 5. The third kappa shape index (κ3) is 6.50. The van der Waals surface area contributed by atoms with Crippen molar-refractivity contribution in [1.29, 1.82) is 0 Å². The highest BCUT2D eigenvalue weighted by Crippen LogP contribution is 2.16. The van der Waals surface area contributed by atoms with Crippen molar-refractivity contribution < 1.29 is 19.6 Å². The predicted octanol–water partition coefficient (Wildman–Crippen LogP) is 1.74. The molecule has 0 saturated carbocycles. The molecule has 164 valence electrons. The molecule has 1 unspecified atom stereocenters. The number of carbonyl (C=O) groups excluding carboxylic acids is 2. The molecule has 3 aromatic rings. The van der Waals surface area contributed by atoms with Crippen LogP contribution in [0.3, 0.4) is 0 Å². The molecule has 0 saturated heterocycles. The van der Waals surface area contributed by atoms with Gasteiger partial charge in [0.15, 0.2) is 0 Å². The molecule has 2 aromatic carbocycles. The Morgan fingerprint density at radius 3 is 2.22 bits per heavy atom. The predicted molar refractivity (Wildman–Crippen MR) is 123 cm³/mol. The van der Waals surface area contributed by atoms with Gasteiger partial charge in [-0.2, -0.15) is 0 Å². The van der Waals surface area contributed by atoms with Crippen molar-refractivity contribution in [3.8, 4) is 11.3 Å². The van der Waals surface area contributed by atoms with E-state index in [1.165, 1.54) is 6.92 Å². The highest BCUT2D eigenvalue weighted by atomic mass is 16.4. The fourth-order valence-electron chi connectivity index (χ4n) is 3.20. The summed E-state index contributed by atoms with van der Waals surface area (Å²) in [5.41, 5.74) is 3.27. The van der Waals surface area contributed by atoms with Crippen LogP contribution in [-0.2, 0) is 22.6 Å². The quantitative estimate of drug-likeness (QED) is 0.305. The van der Waals surface area contributed by atoms with Crippen molar-refractivity contribution >= 4 is 18.9 Å². The minimum absolute atomic E-state index is 0.174. The number of rotatable bonds is 9. The van der Waals surface area contributed by atoms with E-state index in [0.717, 1.165) is 16.8 Å². The minimum atomic E-state index is -1.75. The normalized spacial score (nSPS) is 12.5. The van der Waals surface area contributed by atoms with Gasteiger partial charge < -0.3 is 20.7 Å². The Morgan fingerprint density at radius 1 is 0.906 bits per heavy atom. The van der Waals surface area contributed by atoms with Crippen LogP contribution < -0.4 is 10.6 Å². The molecule has 0 radical (unpaired) electrons. The van der Waals surface area contributed by atoms with Crippen LogP contribution in [0.5, 0.6) is 0 Å². The number of benzene rings is 2. The van der Waals surface area contributed by atoms with E-state index >= 15 is 0 Å². The molecule has 3 rings (SSSR count). The number of amides is 2. The van der Waals surface area contributed by atoms with Crippen molar-refractivity contribution in [1.82, 2.24) is 15.6 Å². The molecule has 8 heteroatoms. The molecule has 2 amide bonds. The van der Waals surface area contributed by atoms with Gasteiger partial charge in [-0.05, 0) is 31.0 Å². The Hall–Kier alpha value is -3.49. The lowest BCUT2D eigenvalue weighted by Gasteiger charge is -2.20. The second-order valence-corrected chi connectivity index (χ2v) is 7.54. The van der Waals surface area contributed by atoms with E-state index in [-0.39, 0.29) is 13.0 Å². The Bertz CT molecular complexity index is 1030. The lowest BCUT2D eigenvalue weighted by molar-refractivity contribution is -0.134. The van der Waals surface area contributed by atoms with Crippen molar-refractivity contribution in [2.75, 3.05) is 0 Å². The zero-order chi connectivity index (χ0) is 22.9. The highest BCUT2D eigenvalue weighted by molar-refractivity contribution is 6.43. The van der Waals surface area contributed by atoms with Gasteiger partial charge in [-0.1, -0.05) is 66.7 Å². The number of aromatic nitrogens is 1. The number of pyridine rings is 1. The second-order valence-electron chi connectivity index (χ2n) is 7.54. The first-order chi connectivity index (χ1) is 15.4. The van der Waals surface area contributed by atoms with Crippen molar-refractivity contribution in [3.63, 3.8) is 0 Å². The summed E-state index contributed by atoms with van der Waals surface area (Å²) in [6, 6.07) is 24.4. The first-order valence-electron chi connectivity index (χ1n) is 10.4. The summed E-state index contributed by atoms with van der Waals surface area (Å²) >= 11 is 0. The SMILES string of the molecule is CC(C(=O)NCc1cccc(-c2ccccc2)n1)C(=O)N[C@@H](Cc1ccccc1)B(O)O. The number of carbonyl (C=O) groups is 2. The standard InChI is InChI=1S/C24H26BN3O4/c1-17(24(30)28-22(25(31)32)15-18-9-4-2-5-10-18)23(29)26-16-20-13-8-14-21(27-20)19-11-6-3-7-12-19/h2-14,17,22,31-32H,15-16H2,1H3,(H,26,29)(H,28,30)/t17?,22-/m0/s1. The molecule has 0 bridgehead atoms. The van der Waals surface area contributed by atoms with Gasteiger partial charge in [0.1, 0.15) is 5.92 Å². The van der Waals surface area contributed by atoms with Crippen LogP contribution >= 0.6 is 0 Å². The monoisotopic (exact) mass is 431 g/mol. The van der Waals surface area contributed by atoms with Gasteiger partial charge in [-0.25, -0.2) is 0 Å². The van der Waals surface area contributed by atoms with Gasteiger partial charge in [0.2, 0.25) is 11.8 Å². The van der Waals surface area contributed by atoms with E-state index in [2.05, 4.69) is 15.6 Å². The lowest BCUT2D eigenvalue weighted by atomic mass is 9.75. The summed E-state index contributed by atoms with van der Waals surface area (Å²) in [5.74, 6) is -2.99. The summed E-state index contributed by atoms with van der Waals surface area (Å²) in [7, 11) is -1.75. The van der Waals surface area contributed by atoms with Crippen LogP contribution in [0.15, 0.2) is 78.9 Å². The molecule has 4 N–H and O–H groups in total. The molecule has 0 fully saturated rings. The van der Waals surface area contributed by atoms with Gasteiger partial charge in [0.25, 0.3) is 0 Å². The summed E-state index contributed by atoms with van der Waals surface area (Å²) in [4.78, 5) is 29.6. The molecule has 0 spiro atoms. The third-order valence-electron chi connectivity index (χ3n) is 5.09. The lowest BCUT2D eigenvalue weighted by Crippen LogP contribution is -2.51. The maximum atomic E-state index is 12.5. The third-order valence-corrected chi connectivity index (χ3v) is 5.09. The average Bonchev–Trinajstić information content (AvgIpc) is 2.83. The first kappa shape index (κ1) is 23.2. The molecule has 2 atom stereocenters. The zero-order valence-corrected chi connectivity index (χ0v) is 17.8. The van der Waals surface area contributed by atoms with E-state index in [4.69, 9.17) is 0 Å². The maximum absolute atomic E-state index is 12.5. The van der Waals surface area contributed by atoms with Gasteiger partial charge in [-0.3, -0.25) is 14.6 Å². The van der Waals surface area contributed by atoms with E-state index in [9.17, 15) is 19.6 Å². The van der Waals surface area contributed by atoms with Crippen LogP contribution in [0.25, 0.3) is 11.3 Å². The van der Waals surface area contributed by atoms with Crippen molar-refractivity contribution in [3.05, 3.63) is 90.1 Å². The first-order valence-corrected chi connectivity index (χ1v) is 10.4. The zero-order valence-electron chi connectivity index (χ0n) is 17.8. The summed E-state index contributed by atoms with van der Waals surface area (Å²) < 4.78 is 0. The summed E-state index contributed by atoms with van der Waals surface area (Å²) in [6.07, 6.45) is 0.231. The number of nitrogens with zero attached hydrogens (tertiary/aromatic N) is 1. The van der Waals surface area contributed by atoms with Gasteiger partial charge in [0, 0.05) is 5.56 Å². The van der Waals surface area contributed by atoms with Crippen LogP contribution in [0.4, 0.5) is 0 Å². The van der Waals surface area contributed by atoms with Crippen LogP contribution in [0.2, 0.25) is 0 Å². The second kappa shape index (κ2) is 11.2. The fraction of sp³-hybridized carbons (Fsp3) is 0.208. The van der Waals surface area contributed by atoms with Gasteiger partial charge >= 0.3 is 7.12 Å². The van der Waals surface area contributed by atoms with Gasteiger partial charge in [0.05, 0.1) is 23.9 Å². The molecule has 7 nitrogen and oxygen atoms in total. The minimum Gasteiger partial charge on any atom is -0.426 e. The summed E-state index contributed by atoms with van der Waals surface area (Å²) in [6.45, 7) is 1.65. The average molecular weight is 431 g/mol. The molecular formula is C24H26BN3O4. The Kier molecular flexibility index (Phi) is 8.13. The van der Waals surface area contributed by atoms with Crippen LogP contribution in [-0.4, -0.2) is 39.9 Å². The number of hydrogen-bond donors (Lipinski definition) is 4. The highest BCUT2D eigenvalue weighted by Gasteiger charge is 2.29. The molecule has 0 aliphatic heterocycles. The fourth-order valence-corrected chi connectivity index (χ4v) is 3.20. The van der Waals surface area contributed by atoms with Gasteiger partial charge in [-0.15, -0.1) is 0 Å². The maximum Gasteiger partial charge on any atom is 0.475 e. The smallest absolute Gasteiger partial charge is 0.426 e. The Labute approximate surface area is 187 Å². The van der Waals surface area contributed by atoms with E-state index in [1.807, 2.05) is 72.8 Å². The van der Waals surface area contributed by atoms with E-state index in [1.54, 1.807) is 6.07 Å². The van der Waals surface area contributed by atoms with Crippen molar-refractivity contribution in [2.24, 2.45) is 5.92 Å². The molecule has 1 heterocycles. The largest absolute Gasteiger partial charge is 0.475 e. The number of nitrogens with one attached hydrogen (secondary N) is 2. The Morgan fingerprint density at radius 2 is 1.56 bits per heavy atom. The topological polar surface area (TPSA) is 112 Å². The molecular weight excluding hydrogens is 405 g/mol. The molecule has 32 heavy (non-hydrogen) atoms. The summed E-state index contributed by atoms with van der Waals surface area (Å²) in [5, 5.41) is 24.6.